The highest BCUT2D eigenvalue weighted by Gasteiger charge is 2.31. The highest BCUT2D eigenvalue weighted by molar-refractivity contribution is 7.89. The predicted molar refractivity (Wildman–Crippen MR) is 70.6 cm³/mol. The molecule has 0 fully saturated rings. The Morgan fingerprint density at radius 3 is 2.24 bits per heavy atom. The molecule has 0 aliphatic carbocycles. The number of ether oxygens (including phenoxy) is 1. The molecule has 0 radical (unpaired) electrons. The molecule has 120 valence electrons. The molecule has 5 nitrogen and oxygen atoms in total. The van der Waals surface area contributed by atoms with Gasteiger partial charge < -0.3 is 10.5 Å². The topological polar surface area (TPSA) is 72.6 Å². The first-order valence-corrected chi connectivity index (χ1v) is 7.62. The minimum atomic E-state index is -4.44. The van der Waals surface area contributed by atoms with E-state index in [0.29, 0.717) is 18.6 Å². The van der Waals surface area contributed by atoms with Crippen LogP contribution >= 0.6 is 0 Å². The van der Waals surface area contributed by atoms with Gasteiger partial charge in [0.25, 0.3) is 0 Å². The summed E-state index contributed by atoms with van der Waals surface area (Å²) >= 11 is 0. The van der Waals surface area contributed by atoms with Crippen molar-refractivity contribution in [1.82, 2.24) is 4.31 Å². The molecule has 0 saturated heterocycles. The van der Waals surface area contributed by atoms with E-state index in [1.807, 2.05) is 0 Å². The summed E-state index contributed by atoms with van der Waals surface area (Å²) in [7, 11) is -3.07. The fraction of sp³-hybridized carbons (Fsp3) is 0.500. The lowest BCUT2D eigenvalue weighted by Gasteiger charge is -2.22. The Kier molecular flexibility index (Phi) is 6.59. The zero-order chi connectivity index (χ0) is 16.0. The van der Waals surface area contributed by atoms with Crippen LogP contribution in [0.4, 0.5) is 13.2 Å². The van der Waals surface area contributed by atoms with Gasteiger partial charge in [0.15, 0.2) is 4.90 Å². The molecule has 0 heterocycles. The van der Waals surface area contributed by atoms with Crippen LogP contribution in [0.25, 0.3) is 0 Å². The summed E-state index contributed by atoms with van der Waals surface area (Å²) < 4.78 is 70.5. The number of nitrogens with two attached hydrogens (primary N) is 1. The third kappa shape index (κ3) is 4.40. The summed E-state index contributed by atoms with van der Waals surface area (Å²) in [6, 6.07) is 0.654. The van der Waals surface area contributed by atoms with Crippen molar-refractivity contribution in [2.75, 3.05) is 33.4 Å². The molecule has 0 spiro atoms. The van der Waals surface area contributed by atoms with Gasteiger partial charge in [0.1, 0.15) is 17.5 Å². The molecule has 1 rings (SSSR count). The molecule has 0 amide bonds. The second-order valence-corrected chi connectivity index (χ2v) is 6.11. The Balaban J connectivity index is 3.21. The first-order valence-electron chi connectivity index (χ1n) is 6.18. The van der Waals surface area contributed by atoms with Crippen molar-refractivity contribution in [3.8, 4) is 0 Å². The summed E-state index contributed by atoms with van der Waals surface area (Å²) in [5, 5.41) is 0. The van der Waals surface area contributed by atoms with E-state index in [4.69, 9.17) is 10.5 Å². The molecule has 0 unspecified atom stereocenters. The van der Waals surface area contributed by atoms with Gasteiger partial charge in [-0.1, -0.05) is 0 Å². The molecule has 9 heteroatoms. The highest BCUT2D eigenvalue weighted by Crippen LogP contribution is 2.23. The maximum absolute atomic E-state index is 13.7. The van der Waals surface area contributed by atoms with Gasteiger partial charge in [-0.15, -0.1) is 0 Å². The number of rotatable bonds is 8. The number of benzene rings is 1. The molecule has 21 heavy (non-hydrogen) atoms. The fourth-order valence-electron chi connectivity index (χ4n) is 1.72. The minimum Gasteiger partial charge on any atom is -0.383 e. The van der Waals surface area contributed by atoms with E-state index in [-0.39, 0.29) is 26.2 Å². The number of nitrogens with zero attached hydrogens (tertiary/aromatic N) is 1. The van der Waals surface area contributed by atoms with E-state index < -0.39 is 32.4 Å². The van der Waals surface area contributed by atoms with Crippen LogP contribution in [0.1, 0.15) is 6.42 Å². The van der Waals surface area contributed by atoms with E-state index in [9.17, 15) is 21.6 Å². The normalized spacial score (nSPS) is 12.1. The highest BCUT2D eigenvalue weighted by atomic mass is 32.2. The average Bonchev–Trinajstić information content (AvgIpc) is 2.36. The van der Waals surface area contributed by atoms with Crippen LogP contribution in [0, 0.1) is 17.5 Å². The van der Waals surface area contributed by atoms with E-state index in [1.54, 1.807) is 0 Å². The summed E-state index contributed by atoms with van der Waals surface area (Å²) in [5.41, 5.74) is 5.32. The molecule has 0 saturated carbocycles. The standard InChI is InChI=1S/C12H17F3N2O3S/c1-20-6-5-17(4-2-3-16)21(18,19)12-10(14)7-9(13)8-11(12)15/h7-8H,2-6,16H2,1H3. The van der Waals surface area contributed by atoms with Crippen molar-refractivity contribution < 1.29 is 26.3 Å². The maximum atomic E-state index is 13.7. The Morgan fingerprint density at radius 2 is 1.76 bits per heavy atom. The molecular formula is C12H17F3N2O3S. The van der Waals surface area contributed by atoms with E-state index >= 15 is 0 Å². The first-order chi connectivity index (χ1) is 9.84. The summed E-state index contributed by atoms with van der Waals surface area (Å²) in [4.78, 5) is -1.17. The molecule has 0 atom stereocenters. The van der Waals surface area contributed by atoms with Gasteiger partial charge in [0.2, 0.25) is 10.0 Å². The van der Waals surface area contributed by atoms with Crippen LogP contribution in [0.3, 0.4) is 0 Å². The molecule has 0 aliphatic heterocycles. The van der Waals surface area contributed by atoms with Gasteiger partial charge in [-0.05, 0) is 13.0 Å². The van der Waals surface area contributed by atoms with E-state index in [0.717, 1.165) is 4.31 Å². The number of hydrogen-bond acceptors (Lipinski definition) is 4. The zero-order valence-corrected chi connectivity index (χ0v) is 12.3. The van der Waals surface area contributed by atoms with Crippen molar-refractivity contribution in [2.24, 2.45) is 5.73 Å². The summed E-state index contributed by atoms with van der Waals surface area (Å²) in [6.45, 7) is 0.162. The van der Waals surface area contributed by atoms with Gasteiger partial charge >= 0.3 is 0 Å². The van der Waals surface area contributed by atoms with Gasteiger partial charge in [0, 0.05) is 32.3 Å². The van der Waals surface area contributed by atoms with Crippen LogP contribution in [-0.2, 0) is 14.8 Å². The monoisotopic (exact) mass is 326 g/mol. The van der Waals surface area contributed by atoms with Crippen molar-refractivity contribution in [3.63, 3.8) is 0 Å². The molecule has 2 N–H and O–H groups in total. The Hall–Kier alpha value is -1.16. The molecule has 0 aliphatic rings. The van der Waals surface area contributed by atoms with Gasteiger partial charge in [0.05, 0.1) is 6.61 Å². The van der Waals surface area contributed by atoms with Gasteiger partial charge in [-0.2, -0.15) is 4.31 Å². The molecule has 1 aromatic rings. The average molecular weight is 326 g/mol. The van der Waals surface area contributed by atoms with Crippen LogP contribution < -0.4 is 5.73 Å². The SMILES string of the molecule is COCCN(CCCN)S(=O)(=O)c1c(F)cc(F)cc1F. The van der Waals surface area contributed by atoms with Crippen molar-refractivity contribution in [2.45, 2.75) is 11.3 Å². The van der Waals surface area contributed by atoms with Crippen LogP contribution in [-0.4, -0.2) is 46.1 Å². The lowest BCUT2D eigenvalue weighted by molar-refractivity contribution is 0.178. The van der Waals surface area contributed by atoms with Crippen LogP contribution in [0.2, 0.25) is 0 Å². The largest absolute Gasteiger partial charge is 0.383 e. The molecule has 1 aromatic carbocycles. The quantitative estimate of drug-likeness (QED) is 0.776. The van der Waals surface area contributed by atoms with Gasteiger partial charge in [-0.3, -0.25) is 0 Å². The van der Waals surface area contributed by atoms with Crippen molar-refractivity contribution >= 4 is 10.0 Å². The third-order valence-electron chi connectivity index (χ3n) is 2.72. The Morgan fingerprint density at radius 1 is 1.19 bits per heavy atom. The minimum absolute atomic E-state index is 0.0154. The molecular weight excluding hydrogens is 309 g/mol. The zero-order valence-electron chi connectivity index (χ0n) is 11.5. The fourth-order valence-corrected chi connectivity index (χ4v) is 3.27. The van der Waals surface area contributed by atoms with E-state index in [1.165, 1.54) is 7.11 Å². The smallest absolute Gasteiger partial charge is 0.249 e. The summed E-state index contributed by atoms with van der Waals surface area (Å²) in [6.07, 6.45) is 0.313. The molecule has 0 bridgehead atoms. The number of hydrogen-bond donors (Lipinski definition) is 1. The second kappa shape index (κ2) is 7.74. The lowest BCUT2D eigenvalue weighted by atomic mass is 10.3. The number of methoxy groups -OCH3 is 1. The maximum Gasteiger partial charge on any atom is 0.249 e. The Bertz CT molecular complexity index is 550. The second-order valence-electron chi connectivity index (χ2n) is 4.24. The lowest BCUT2D eigenvalue weighted by Crippen LogP contribution is -2.36. The van der Waals surface area contributed by atoms with E-state index in [2.05, 4.69) is 0 Å². The Labute approximate surface area is 121 Å². The first kappa shape index (κ1) is 17.9. The van der Waals surface area contributed by atoms with Crippen LogP contribution in [0.5, 0.6) is 0 Å². The van der Waals surface area contributed by atoms with Gasteiger partial charge in [-0.25, -0.2) is 21.6 Å². The predicted octanol–water partition coefficient (Wildman–Crippen LogP) is 1.09. The van der Waals surface area contributed by atoms with Crippen LogP contribution in [0.15, 0.2) is 17.0 Å². The van der Waals surface area contributed by atoms with Crippen molar-refractivity contribution in [3.05, 3.63) is 29.6 Å². The number of halogens is 3. The van der Waals surface area contributed by atoms with Crippen molar-refractivity contribution in [1.29, 1.82) is 0 Å². The number of sulfonamides is 1. The summed E-state index contributed by atoms with van der Waals surface area (Å²) in [5.74, 6) is -4.13. The third-order valence-corrected chi connectivity index (χ3v) is 4.67. The molecule has 0 aromatic heterocycles.